The molecule has 0 amide bonds. The summed E-state index contributed by atoms with van der Waals surface area (Å²) in [5.41, 5.74) is 0. The van der Waals surface area contributed by atoms with E-state index in [-0.39, 0.29) is 12.4 Å². The SMILES string of the molecule is COCC(=O)[C@@H](OC)[C@H](OC)[C@H](O)CO. The Bertz CT molecular complexity index is 183. The van der Waals surface area contributed by atoms with Crippen LogP contribution in [0.4, 0.5) is 0 Å². The molecule has 6 nitrogen and oxygen atoms in total. The van der Waals surface area contributed by atoms with Gasteiger partial charge < -0.3 is 24.4 Å². The van der Waals surface area contributed by atoms with Crippen LogP contribution in [0.2, 0.25) is 0 Å². The second-order valence-electron chi connectivity index (χ2n) is 3.01. The standard InChI is InChI=1S/C9H18O6/c1-13-5-7(12)9(15-3)8(14-2)6(11)4-10/h6,8-11H,4-5H2,1-3H3/t6-,8-,9-/m1/s1. The number of Topliss-reactive ketones (excluding diaryl/α,β-unsaturated/α-hetero) is 1. The highest BCUT2D eigenvalue weighted by Gasteiger charge is 2.33. The smallest absolute Gasteiger partial charge is 0.189 e. The molecular weight excluding hydrogens is 204 g/mol. The van der Waals surface area contributed by atoms with Crippen LogP contribution in [0.15, 0.2) is 0 Å². The molecule has 2 N–H and O–H groups in total. The van der Waals surface area contributed by atoms with Gasteiger partial charge in [0.05, 0.1) is 6.61 Å². The number of aliphatic hydroxyl groups excluding tert-OH is 2. The summed E-state index contributed by atoms with van der Waals surface area (Å²) in [7, 11) is 4.04. The van der Waals surface area contributed by atoms with E-state index in [1.54, 1.807) is 0 Å². The van der Waals surface area contributed by atoms with Gasteiger partial charge in [-0.25, -0.2) is 0 Å². The van der Waals surface area contributed by atoms with Crippen molar-refractivity contribution in [2.24, 2.45) is 0 Å². The minimum absolute atomic E-state index is 0.128. The van der Waals surface area contributed by atoms with E-state index in [1.807, 2.05) is 0 Å². The molecule has 0 bridgehead atoms. The largest absolute Gasteiger partial charge is 0.394 e. The number of hydrogen-bond donors (Lipinski definition) is 2. The molecule has 3 atom stereocenters. The normalized spacial score (nSPS) is 17.1. The number of hydrogen-bond acceptors (Lipinski definition) is 6. The third-order valence-corrected chi connectivity index (χ3v) is 1.99. The molecule has 0 fully saturated rings. The van der Waals surface area contributed by atoms with Crippen LogP contribution in [0.1, 0.15) is 0 Å². The number of ether oxygens (including phenoxy) is 3. The van der Waals surface area contributed by atoms with E-state index in [2.05, 4.69) is 4.74 Å². The van der Waals surface area contributed by atoms with Crippen LogP contribution in [-0.2, 0) is 19.0 Å². The maximum atomic E-state index is 11.5. The van der Waals surface area contributed by atoms with E-state index < -0.39 is 24.9 Å². The highest BCUT2D eigenvalue weighted by Crippen LogP contribution is 2.09. The quantitative estimate of drug-likeness (QED) is 0.524. The lowest BCUT2D eigenvalue weighted by atomic mass is 10.0. The van der Waals surface area contributed by atoms with Crippen LogP contribution in [0.5, 0.6) is 0 Å². The molecule has 90 valence electrons. The van der Waals surface area contributed by atoms with Gasteiger partial charge in [0.1, 0.15) is 24.9 Å². The van der Waals surface area contributed by atoms with Crippen molar-refractivity contribution >= 4 is 5.78 Å². The molecule has 0 aliphatic carbocycles. The Labute approximate surface area is 88.7 Å². The fourth-order valence-electron chi connectivity index (χ4n) is 1.26. The summed E-state index contributed by atoms with van der Waals surface area (Å²) < 4.78 is 14.5. The Morgan fingerprint density at radius 1 is 1.27 bits per heavy atom. The van der Waals surface area contributed by atoms with Crippen LogP contribution >= 0.6 is 0 Å². The number of carbonyl (C=O) groups excluding carboxylic acids is 1. The van der Waals surface area contributed by atoms with Gasteiger partial charge in [0.15, 0.2) is 5.78 Å². The predicted octanol–water partition coefficient (Wildman–Crippen LogP) is -1.41. The number of aliphatic hydroxyl groups is 2. The summed E-state index contributed by atoms with van der Waals surface area (Å²) in [6.45, 7) is -0.630. The van der Waals surface area contributed by atoms with Gasteiger partial charge in [0.2, 0.25) is 0 Å². The van der Waals surface area contributed by atoms with Crippen molar-refractivity contribution in [3.63, 3.8) is 0 Å². The average molecular weight is 222 g/mol. The first-order chi connectivity index (χ1) is 7.12. The number of carbonyl (C=O) groups is 1. The maximum Gasteiger partial charge on any atom is 0.189 e. The summed E-state index contributed by atoms with van der Waals surface area (Å²) in [5, 5.41) is 18.2. The van der Waals surface area contributed by atoms with Gasteiger partial charge in [0.25, 0.3) is 0 Å². The second kappa shape index (κ2) is 7.72. The summed E-state index contributed by atoms with van der Waals surface area (Å²) in [6.07, 6.45) is -3.01. The average Bonchev–Trinajstić information content (AvgIpc) is 2.24. The fraction of sp³-hybridized carbons (Fsp3) is 0.889. The van der Waals surface area contributed by atoms with Gasteiger partial charge in [0, 0.05) is 21.3 Å². The van der Waals surface area contributed by atoms with Crippen molar-refractivity contribution in [1.29, 1.82) is 0 Å². The molecule has 0 aromatic heterocycles. The first-order valence-corrected chi connectivity index (χ1v) is 4.48. The van der Waals surface area contributed by atoms with Crippen LogP contribution in [0.3, 0.4) is 0 Å². The molecule has 0 heterocycles. The molecule has 0 radical (unpaired) electrons. The molecule has 6 heteroatoms. The lowest BCUT2D eigenvalue weighted by Crippen LogP contribution is -2.47. The highest BCUT2D eigenvalue weighted by molar-refractivity contribution is 5.85. The van der Waals surface area contributed by atoms with Gasteiger partial charge in [-0.1, -0.05) is 0 Å². The molecule has 15 heavy (non-hydrogen) atoms. The van der Waals surface area contributed by atoms with Crippen molar-refractivity contribution in [1.82, 2.24) is 0 Å². The van der Waals surface area contributed by atoms with Crippen molar-refractivity contribution in [2.75, 3.05) is 34.5 Å². The zero-order valence-corrected chi connectivity index (χ0v) is 9.17. The third-order valence-electron chi connectivity index (χ3n) is 1.99. The number of rotatable bonds is 8. The molecule has 0 saturated heterocycles. The van der Waals surface area contributed by atoms with Crippen LogP contribution < -0.4 is 0 Å². The van der Waals surface area contributed by atoms with Gasteiger partial charge in [-0.15, -0.1) is 0 Å². The van der Waals surface area contributed by atoms with Gasteiger partial charge in [-0.3, -0.25) is 4.79 Å². The van der Waals surface area contributed by atoms with Crippen molar-refractivity contribution in [2.45, 2.75) is 18.3 Å². The third kappa shape index (κ3) is 4.23. The highest BCUT2D eigenvalue weighted by atomic mass is 16.5. The van der Waals surface area contributed by atoms with E-state index in [0.29, 0.717) is 0 Å². The van der Waals surface area contributed by atoms with Gasteiger partial charge >= 0.3 is 0 Å². The number of methoxy groups -OCH3 is 3. The molecule has 0 aliphatic rings. The van der Waals surface area contributed by atoms with Crippen LogP contribution in [0.25, 0.3) is 0 Å². The Balaban J connectivity index is 4.52. The molecule has 0 saturated carbocycles. The van der Waals surface area contributed by atoms with E-state index >= 15 is 0 Å². The molecule has 0 aliphatic heterocycles. The van der Waals surface area contributed by atoms with Crippen LogP contribution in [-0.4, -0.2) is 68.9 Å². The minimum Gasteiger partial charge on any atom is -0.394 e. The number of ketones is 1. The monoisotopic (exact) mass is 222 g/mol. The second-order valence-corrected chi connectivity index (χ2v) is 3.01. The summed E-state index contributed by atoms with van der Waals surface area (Å²) >= 11 is 0. The minimum atomic E-state index is -1.17. The van der Waals surface area contributed by atoms with E-state index in [4.69, 9.17) is 14.6 Å². The van der Waals surface area contributed by atoms with E-state index in [1.165, 1.54) is 21.3 Å². The maximum absolute atomic E-state index is 11.5. The molecule has 0 rings (SSSR count). The molecule has 0 unspecified atom stereocenters. The van der Waals surface area contributed by atoms with Crippen molar-refractivity contribution in [3.8, 4) is 0 Å². The lowest BCUT2D eigenvalue weighted by Gasteiger charge is -2.26. The molecular formula is C9H18O6. The van der Waals surface area contributed by atoms with Crippen molar-refractivity contribution < 1.29 is 29.2 Å². The first-order valence-electron chi connectivity index (χ1n) is 4.48. The topological polar surface area (TPSA) is 85.2 Å². The predicted molar refractivity (Wildman–Crippen MR) is 51.6 cm³/mol. The Hall–Kier alpha value is -0.530. The van der Waals surface area contributed by atoms with Gasteiger partial charge in [-0.05, 0) is 0 Å². The zero-order valence-electron chi connectivity index (χ0n) is 9.17. The summed E-state index contributed by atoms with van der Waals surface area (Å²) in [4.78, 5) is 11.5. The Morgan fingerprint density at radius 2 is 1.87 bits per heavy atom. The van der Waals surface area contributed by atoms with Crippen LogP contribution in [0, 0.1) is 0 Å². The Kier molecular flexibility index (Phi) is 7.45. The molecule has 0 aromatic rings. The Morgan fingerprint density at radius 3 is 2.20 bits per heavy atom. The lowest BCUT2D eigenvalue weighted by molar-refractivity contribution is -0.151. The zero-order chi connectivity index (χ0) is 11.8. The molecule has 0 spiro atoms. The van der Waals surface area contributed by atoms with E-state index in [0.717, 1.165) is 0 Å². The summed E-state index contributed by atoms with van der Waals surface area (Å²) in [6, 6.07) is 0. The summed E-state index contributed by atoms with van der Waals surface area (Å²) in [5.74, 6) is -0.348. The van der Waals surface area contributed by atoms with Gasteiger partial charge in [-0.2, -0.15) is 0 Å². The molecule has 0 aromatic carbocycles. The van der Waals surface area contributed by atoms with Crippen molar-refractivity contribution in [3.05, 3.63) is 0 Å². The fourth-order valence-corrected chi connectivity index (χ4v) is 1.26. The first kappa shape index (κ1) is 14.5. The van der Waals surface area contributed by atoms with E-state index in [9.17, 15) is 9.90 Å².